The van der Waals surface area contributed by atoms with E-state index >= 15 is 0 Å². The minimum absolute atomic E-state index is 0.0323. The second-order valence-corrected chi connectivity index (χ2v) is 6.22. The molecule has 0 saturated heterocycles. The lowest BCUT2D eigenvalue weighted by molar-refractivity contribution is 0.479. The fraction of sp³-hybridized carbons (Fsp3) is 0.417. The molecule has 1 unspecified atom stereocenters. The number of H-pyrrole nitrogens is 1. The molecular formula is C12H18N4O3S. The molecule has 0 aromatic carbocycles. The molecule has 0 spiro atoms. The minimum atomic E-state index is -3.63. The van der Waals surface area contributed by atoms with Crippen LogP contribution in [0.3, 0.4) is 0 Å². The van der Waals surface area contributed by atoms with Crippen LogP contribution in [0.15, 0.2) is 34.0 Å². The van der Waals surface area contributed by atoms with E-state index in [9.17, 15) is 8.42 Å². The van der Waals surface area contributed by atoms with Crippen molar-refractivity contribution >= 4 is 10.0 Å². The lowest BCUT2D eigenvalue weighted by atomic mass is 10.2. The van der Waals surface area contributed by atoms with Crippen molar-refractivity contribution in [2.45, 2.75) is 37.4 Å². The number of aromatic amines is 1. The Morgan fingerprint density at radius 3 is 3.00 bits per heavy atom. The van der Waals surface area contributed by atoms with Crippen LogP contribution in [-0.4, -0.2) is 24.7 Å². The van der Waals surface area contributed by atoms with Gasteiger partial charge in [0.1, 0.15) is 5.76 Å². The van der Waals surface area contributed by atoms with Crippen molar-refractivity contribution in [1.82, 2.24) is 14.9 Å². The molecular weight excluding hydrogens is 280 g/mol. The first-order chi connectivity index (χ1) is 9.53. The summed E-state index contributed by atoms with van der Waals surface area (Å²) < 4.78 is 32.2. The zero-order valence-electron chi connectivity index (χ0n) is 11.2. The number of hydrogen-bond acceptors (Lipinski definition) is 5. The van der Waals surface area contributed by atoms with Gasteiger partial charge in [-0.15, -0.1) is 0 Å². The number of rotatable bonds is 7. The maximum Gasteiger partial charge on any atom is 0.258 e. The van der Waals surface area contributed by atoms with Crippen molar-refractivity contribution in [3.05, 3.63) is 35.9 Å². The third-order valence-electron chi connectivity index (χ3n) is 2.93. The predicted octanol–water partition coefficient (Wildman–Crippen LogP) is 0.761. The van der Waals surface area contributed by atoms with Crippen LogP contribution < -0.4 is 10.5 Å². The van der Waals surface area contributed by atoms with E-state index in [1.807, 2.05) is 12.1 Å². The highest BCUT2D eigenvalue weighted by atomic mass is 32.2. The number of aryl methyl sites for hydroxylation is 1. The summed E-state index contributed by atoms with van der Waals surface area (Å²) in [6.45, 7) is 1.92. The van der Waals surface area contributed by atoms with Gasteiger partial charge in [0.15, 0.2) is 5.03 Å². The van der Waals surface area contributed by atoms with Crippen LogP contribution in [0.5, 0.6) is 0 Å². The first-order valence-electron chi connectivity index (χ1n) is 6.30. The molecule has 0 aliphatic heterocycles. The van der Waals surface area contributed by atoms with E-state index in [2.05, 4.69) is 14.9 Å². The van der Waals surface area contributed by atoms with Gasteiger partial charge in [-0.2, -0.15) is 5.10 Å². The smallest absolute Gasteiger partial charge is 0.258 e. The summed E-state index contributed by atoms with van der Waals surface area (Å²) in [6, 6.07) is 3.45. The Morgan fingerprint density at radius 2 is 2.35 bits per heavy atom. The second-order valence-electron chi connectivity index (χ2n) is 4.57. The zero-order chi connectivity index (χ0) is 14.6. The van der Waals surface area contributed by atoms with Crippen LogP contribution in [0, 0.1) is 0 Å². The van der Waals surface area contributed by atoms with Crippen molar-refractivity contribution in [2.75, 3.05) is 0 Å². The van der Waals surface area contributed by atoms with E-state index in [1.54, 1.807) is 13.2 Å². The summed E-state index contributed by atoms with van der Waals surface area (Å²) in [5.41, 5.74) is 5.95. The maximum absolute atomic E-state index is 12.2. The summed E-state index contributed by atoms with van der Waals surface area (Å²) >= 11 is 0. The highest BCUT2D eigenvalue weighted by Gasteiger charge is 2.22. The van der Waals surface area contributed by atoms with Gasteiger partial charge in [0.05, 0.1) is 12.5 Å². The van der Waals surface area contributed by atoms with E-state index in [0.717, 1.165) is 5.76 Å². The molecule has 0 bridgehead atoms. The second kappa shape index (κ2) is 6.21. The molecule has 0 aliphatic carbocycles. The molecule has 2 rings (SSSR count). The largest absolute Gasteiger partial charge is 0.469 e. The van der Waals surface area contributed by atoms with Gasteiger partial charge in [-0.25, -0.2) is 13.1 Å². The lowest BCUT2D eigenvalue weighted by Crippen LogP contribution is -2.33. The quantitative estimate of drug-likeness (QED) is 0.698. The van der Waals surface area contributed by atoms with E-state index in [-0.39, 0.29) is 17.6 Å². The Kier molecular flexibility index (Phi) is 4.58. The molecule has 0 amide bonds. The molecule has 2 aromatic heterocycles. The third kappa shape index (κ3) is 3.47. The Bertz CT molecular complexity index is 633. The van der Waals surface area contributed by atoms with Gasteiger partial charge in [0, 0.05) is 24.6 Å². The van der Waals surface area contributed by atoms with E-state index in [0.29, 0.717) is 18.4 Å². The fourth-order valence-corrected chi connectivity index (χ4v) is 3.29. The van der Waals surface area contributed by atoms with Crippen LogP contribution in [0.1, 0.15) is 24.7 Å². The van der Waals surface area contributed by atoms with Gasteiger partial charge in [-0.3, -0.25) is 5.10 Å². The molecule has 0 radical (unpaired) electrons. The number of aromatic nitrogens is 2. The van der Waals surface area contributed by atoms with Crippen LogP contribution >= 0.6 is 0 Å². The Hall–Kier alpha value is -1.64. The molecule has 0 fully saturated rings. The first kappa shape index (κ1) is 14.8. The van der Waals surface area contributed by atoms with Gasteiger partial charge in [-0.1, -0.05) is 0 Å². The molecule has 1 atom stereocenters. The molecule has 4 N–H and O–H groups in total. The third-order valence-corrected chi connectivity index (χ3v) is 4.53. The maximum atomic E-state index is 12.2. The molecule has 0 aliphatic rings. The minimum Gasteiger partial charge on any atom is -0.469 e. The van der Waals surface area contributed by atoms with Gasteiger partial charge < -0.3 is 10.2 Å². The number of nitrogens with zero attached hydrogens (tertiary/aromatic N) is 1. The van der Waals surface area contributed by atoms with Gasteiger partial charge in [-0.05, 0) is 25.5 Å². The Labute approximate surface area is 117 Å². The van der Waals surface area contributed by atoms with Gasteiger partial charge in [0.2, 0.25) is 0 Å². The molecule has 110 valence electrons. The highest BCUT2D eigenvalue weighted by Crippen LogP contribution is 2.13. The van der Waals surface area contributed by atoms with E-state index in [1.165, 1.54) is 6.20 Å². The van der Waals surface area contributed by atoms with Crippen molar-refractivity contribution < 1.29 is 12.8 Å². The Balaban J connectivity index is 1.97. The molecule has 20 heavy (non-hydrogen) atoms. The SMILES string of the molecule is CC(CCc1ccco1)NS(=O)(=O)c1[nH]ncc1CN. The number of hydrogen-bond donors (Lipinski definition) is 3. The van der Waals surface area contributed by atoms with Crippen molar-refractivity contribution in [2.24, 2.45) is 5.73 Å². The standard InChI is InChI=1S/C12H18N4O3S/c1-9(4-5-11-3-2-6-19-11)16-20(17,18)12-10(7-13)8-14-15-12/h2-3,6,8-9,16H,4-5,7,13H2,1H3,(H,14,15). The van der Waals surface area contributed by atoms with Crippen molar-refractivity contribution in [1.29, 1.82) is 0 Å². The summed E-state index contributed by atoms with van der Waals surface area (Å²) in [5, 5.41) is 6.22. The number of nitrogens with one attached hydrogen (secondary N) is 2. The summed E-state index contributed by atoms with van der Waals surface area (Å²) in [5.74, 6) is 0.834. The van der Waals surface area contributed by atoms with E-state index in [4.69, 9.17) is 10.2 Å². The van der Waals surface area contributed by atoms with Crippen LogP contribution in [-0.2, 0) is 23.0 Å². The molecule has 7 nitrogen and oxygen atoms in total. The average Bonchev–Trinajstić information content (AvgIpc) is 3.07. The summed E-state index contributed by atoms with van der Waals surface area (Å²) in [4.78, 5) is 0. The van der Waals surface area contributed by atoms with Crippen LogP contribution in [0.2, 0.25) is 0 Å². The fourth-order valence-electron chi connectivity index (χ4n) is 1.87. The van der Waals surface area contributed by atoms with E-state index < -0.39 is 10.0 Å². The number of nitrogens with two attached hydrogens (primary N) is 1. The monoisotopic (exact) mass is 298 g/mol. The number of sulfonamides is 1. The van der Waals surface area contributed by atoms with Crippen LogP contribution in [0.4, 0.5) is 0 Å². The van der Waals surface area contributed by atoms with Gasteiger partial charge >= 0.3 is 0 Å². The van der Waals surface area contributed by atoms with Gasteiger partial charge in [0.25, 0.3) is 10.0 Å². The summed E-state index contributed by atoms with van der Waals surface area (Å²) in [6.07, 6.45) is 4.33. The molecule has 8 heteroatoms. The van der Waals surface area contributed by atoms with Crippen molar-refractivity contribution in [3.8, 4) is 0 Å². The van der Waals surface area contributed by atoms with Crippen LogP contribution in [0.25, 0.3) is 0 Å². The lowest BCUT2D eigenvalue weighted by Gasteiger charge is -2.13. The highest BCUT2D eigenvalue weighted by molar-refractivity contribution is 7.89. The normalized spacial score (nSPS) is 13.5. The summed E-state index contributed by atoms with van der Waals surface area (Å²) in [7, 11) is -3.63. The topological polar surface area (TPSA) is 114 Å². The first-order valence-corrected chi connectivity index (χ1v) is 7.78. The zero-order valence-corrected chi connectivity index (χ0v) is 12.0. The predicted molar refractivity (Wildman–Crippen MR) is 73.3 cm³/mol. The molecule has 2 heterocycles. The van der Waals surface area contributed by atoms with Crippen molar-refractivity contribution in [3.63, 3.8) is 0 Å². The average molecular weight is 298 g/mol. The molecule has 0 saturated carbocycles. The number of furan rings is 1. The Morgan fingerprint density at radius 1 is 1.55 bits per heavy atom. The molecule has 2 aromatic rings.